The van der Waals surface area contributed by atoms with Gasteiger partial charge in [0.2, 0.25) is 17.7 Å². The summed E-state index contributed by atoms with van der Waals surface area (Å²) >= 11 is 0. The molecule has 8 heteroatoms. The van der Waals surface area contributed by atoms with Crippen molar-refractivity contribution in [2.45, 2.75) is 45.6 Å². The van der Waals surface area contributed by atoms with Crippen molar-refractivity contribution < 1.29 is 19.1 Å². The molecule has 1 saturated heterocycles. The average Bonchev–Trinajstić information content (AvgIpc) is 3.29. The summed E-state index contributed by atoms with van der Waals surface area (Å²) in [6.45, 7) is 6.58. The molecule has 0 spiro atoms. The standard InChI is InChI=1S/C26H30N4O4/c1-16-7-5-6-8-19(16)26(14-24(32)30(25(26)33)9-10-34-4)13-23(31)27-15-22-28-20-11-17(2)18(3)12-21(20)29-22/h5-8,11-12H,9-10,13-15H2,1-4H3,(H,27,31)(H,28,29)/t26-/m0/s1. The van der Waals surface area contributed by atoms with E-state index in [0.29, 0.717) is 11.4 Å². The van der Waals surface area contributed by atoms with Gasteiger partial charge in [0.1, 0.15) is 5.82 Å². The zero-order chi connectivity index (χ0) is 24.5. The van der Waals surface area contributed by atoms with Crippen molar-refractivity contribution in [3.63, 3.8) is 0 Å². The number of fused-ring (bicyclic) bond motifs is 1. The van der Waals surface area contributed by atoms with E-state index in [9.17, 15) is 14.4 Å². The number of rotatable bonds is 8. The highest BCUT2D eigenvalue weighted by molar-refractivity contribution is 6.11. The summed E-state index contributed by atoms with van der Waals surface area (Å²) < 4.78 is 5.07. The Morgan fingerprint density at radius 1 is 1.15 bits per heavy atom. The van der Waals surface area contributed by atoms with Crippen molar-refractivity contribution in [3.8, 4) is 0 Å². The molecule has 4 rings (SSSR count). The van der Waals surface area contributed by atoms with Gasteiger partial charge < -0.3 is 15.0 Å². The fourth-order valence-electron chi connectivity index (χ4n) is 4.69. The minimum absolute atomic E-state index is 0.0446. The van der Waals surface area contributed by atoms with Crippen LogP contribution in [0.1, 0.15) is 40.9 Å². The molecule has 1 aliphatic rings. The lowest BCUT2D eigenvalue weighted by Gasteiger charge is -2.28. The molecule has 0 bridgehead atoms. The van der Waals surface area contributed by atoms with E-state index in [1.165, 1.54) is 12.0 Å². The Morgan fingerprint density at radius 2 is 1.88 bits per heavy atom. The summed E-state index contributed by atoms with van der Waals surface area (Å²) in [5, 5.41) is 2.88. The van der Waals surface area contributed by atoms with Crippen molar-refractivity contribution in [1.29, 1.82) is 0 Å². The number of imide groups is 1. The number of carbonyl (C=O) groups is 3. The largest absolute Gasteiger partial charge is 0.383 e. The third kappa shape index (κ3) is 4.33. The van der Waals surface area contributed by atoms with Crippen LogP contribution in [0, 0.1) is 20.8 Å². The Kier molecular flexibility index (Phi) is 6.52. The molecule has 3 amide bonds. The summed E-state index contributed by atoms with van der Waals surface area (Å²) in [6, 6.07) is 11.5. The van der Waals surface area contributed by atoms with Gasteiger partial charge in [-0.3, -0.25) is 19.3 Å². The molecule has 0 aliphatic carbocycles. The molecule has 1 fully saturated rings. The van der Waals surface area contributed by atoms with Crippen molar-refractivity contribution in [2.24, 2.45) is 0 Å². The predicted molar refractivity (Wildman–Crippen MR) is 128 cm³/mol. The molecule has 0 radical (unpaired) electrons. The number of nitrogens with one attached hydrogen (secondary N) is 2. The second-order valence-corrected chi connectivity index (χ2v) is 9.01. The quantitative estimate of drug-likeness (QED) is 0.501. The fourth-order valence-corrected chi connectivity index (χ4v) is 4.69. The normalized spacial score (nSPS) is 18.2. The van der Waals surface area contributed by atoms with Crippen molar-refractivity contribution in [1.82, 2.24) is 20.2 Å². The van der Waals surface area contributed by atoms with Gasteiger partial charge in [0.25, 0.3) is 0 Å². The van der Waals surface area contributed by atoms with Gasteiger partial charge in [0, 0.05) is 20.0 Å². The van der Waals surface area contributed by atoms with Crippen LogP contribution < -0.4 is 5.32 Å². The van der Waals surface area contributed by atoms with E-state index in [4.69, 9.17) is 4.74 Å². The zero-order valence-corrected chi connectivity index (χ0v) is 20.0. The number of amides is 3. The number of ether oxygens (including phenoxy) is 1. The summed E-state index contributed by atoms with van der Waals surface area (Å²) in [5.74, 6) is -0.325. The molecule has 0 saturated carbocycles. The second kappa shape index (κ2) is 9.38. The second-order valence-electron chi connectivity index (χ2n) is 9.01. The van der Waals surface area contributed by atoms with Gasteiger partial charge in [-0.15, -0.1) is 0 Å². The van der Waals surface area contributed by atoms with Crippen molar-refractivity contribution >= 4 is 28.8 Å². The summed E-state index contributed by atoms with van der Waals surface area (Å²) in [7, 11) is 1.52. The highest BCUT2D eigenvalue weighted by Crippen LogP contribution is 2.41. The fraction of sp³-hybridized carbons (Fsp3) is 0.385. The Morgan fingerprint density at radius 3 is 2.62 bits per heavy atom. The maximum Gasteiger partial charge on any atom is 0.240 e. The summed E-state index contributed by atoms with van der Waals surface area (Å²) in [4.78, 5) is 48.5. The third-order valence-electron chi connectivity index (χ3n) is 6.65. The summed E-state index contributed by atoms with van der Waals surface area (Å²) in [6.07, 6.45) is -0.165. The first kappa shape index (κ1) is 23.6. The predicted octanol–water partition coefficient (Wildman–Crippen LogP) is 2.84. The van der Waals surface area contributed by atoms with Gasteiger partial charge >= 0.3 is 0 Å². The van der Waals surface area contributed by atoms with E-state index in [1.54, 1.807) is 0 Å². The molecular formula is C26H30N4O4. The third-order valence-corrected chi connectivity index (χ3v) is 6.65. The van der Waals surface area contributed by atoms with Crippen LogP contribution in [0.5, 0.6) is 0 Å². The van der Waals surface area contributed by atoms with E-state index >= 15 is 0 Å². The molecule has 1 aromatic heterocycles. The van der Waals surface area contributed by atoms with E-state index in [2.05, 4.69) is 15.3 Å². The first-order valence-electron chi connectivity index (χ1n) is 11.4. The Balaban J connectivity index is 1.56. The van der Waals surface area contributed by atoms with Gasteiger partial charge in [-0.05, 0) is 55.2 Å². The lowest BCUT2D eigenvalue weighted by molar-refractivity contribution is -0.141. The minimum atomic E-state index is -1.23. The number of hydrogen-bond donors (Lipinski definition) is 2. The van der Waals surface area contributed by atoms with Crippen molar-refractivity contribution in [3.05, 3.63) is 64.5 Å². The monoisotopic (exact) mass is 462 g/mol. The topological polar surface area (TPSA) is 104 Å². The van der Waals surface area contributed by atoms with Crippen LogP contribution in [0.15, 0.2) is 36.4 Å². The van der Waals surface area contributed by atoms with Gasteiger partial charge in [0.15, 0.2) is 0 Å². The molecule has 1 atom stereocenters. The van der Waals surface area contributed by atoms with Gasteiger partial charge in [-0.2, -0.15) is 0 Å². The number of methoxy groups -OCH3 is 1. The average molecular weight is 463 g/mol. The van der Waals surface area contributed by atoms with E-state index < -0.39 is 5.41 Å². The number of aromatic nitrogens is 2. The highest BCUT2D eigenvalue weighted by Gasteiger charge is 2.54. The van der Waals surface area contributed by atoms with E-state index in [0.717, 1.165) is 27.7 Å². The van der Waals surface area contributed by atoms with E-state index in [-0.39, 0.29) is 50.3 Å². The maximum atomic E-state index is 13.5. The van der Waals surface area contributed by atoms with Crippen LogP contribution in [0.25, 0.3) is 11.0 Å². The number of H-pyrrole nitrogens is 1. The lowest BCUT2D eigenvalue weighted by Crippen LogP contribution is -2.43. The molecule has 2 aromatic carbocycles. The van der Waals surface area contributed by atoms with Crippen LogP contribution in [0.2, 0.25) is 0 Å². The number of likely N-dealkylation sites (tertiary alicyclic amines) is 1. The number of hydrogen-bond acceptors (Lipinski definition) is 5. The maximum absolute atomic E-state index is 13.5. The number of nitrogens with zero attached hydrogens (tertiary/aromatic N) is 2. The highest BCUT2D eigenvalue weighted by atomic mass is 16.5. The van der Waals surface area contributed by atoms with Crippen LogP contribution >= 0.6 is 0 Å². The van der Waals surface area contributed by atoms with Crippen LogP contribution in [-0.2, 0) is 31.1 Å². The molecule has 0 unspecified atom stereocenters. The molecule has 2 heterocycles. The zero-order valence-electron chi connectivity index (χ0n) is 20.0. The molecule has 178 valence electrons. The van der Waals surface area contributed by atoms with E-state index in [1.807, 2.05) is 57.2 Å². The van der Waals surface area contributed by atoms with Gasteiger partial charge in [-0.25, -0.2) is 4.98 Å². The molecule has 1 aliphatic heterocycles. The van der Waals surface area contributed by atoms with Crippen LogP contribution in [0.4, 0.5) is 0 Å². The van der Waals surface area contributed by atoms with Gasteiger partial charge in [0.05, 0.1) is 36.1 Å². The Bertz CT molecular complexity index is 1230. The van der Waals surface area contributed by atoms with Crippen LogP contribution in [-0.4, -0.2) is 52.9 Å². The lowest BCUT2D eigenvalue weighted by atomic mass is 9.74. The molecular weight excluding hydrogens is 432 g/mol. The first-order valence-corrected chi connectivity index (χ1v) is 11.4. The van der Waals surface area contributed by atoms with Crippen molar-refractivity contribution in [2.75, 3.05) is 20.3 Å². The summed E-state index contributed by atoms with van der Waals surface area (Å²) in [5.41, 5.74) is 4.41. The number of imidazole rings is 1. The molecule has 8 nitrogen and oxygen atoms in total. The number of carbonyl (C=O) groups excluding carboxylic acids is 3. The molecule has 3 aromatic rings. The Labute approximate surface area is 198 Å². The molecule has 34 heavy (non-hydrogen) atoms. The smallest absolute Gasteiger partial charge is 0.240 e. The number of benzene rings is 2. The van der Waals surface area contributed by atoms with Crippen LogP contribution in [0.3, 0.4) is 0 Å². The van der Waals surface area contributed by atoms with Gasteiger partial charge in [-0.1, -0.05) is 24.3 Å². The number of aryl methyl sites for hydroxylation is 3. The SMILES string of the molecule is COCCN1C(=O)C[C@@](CC(=O)NCc2nc3cc(C)c(C)cc3[nH]2)(c2ccccc2C)C1=O. The minimum Gasteiger partial charge on any atom is -0.383 e. The molecule has 2 N–H and O–H groups in total. The number of aromatic amines is 1. The Hall–Kier alpha value is -3.52. The first-order chi connectivity index (χ1) is 16.2.